The third-order valence-electron chi connectivity index (χ3n) is 6.31. The molecule has 0 radical (unpaired) electrons. The van der Waals surface area contributed by atoms with Crippen molar-refractivity contribution in [2.24, 2.45) is 0 Å². The molecule has 0 aliphatic heterocycles. The number of rotatable bonds is 11. The first kappa shape index (κ1) is 35.9. The number of nitrogens with one attached hydrogen (secondary N) is 2. The average molecular weight is 583 g/mol. The molecular weight excluding hydrogens is 532 g/mol. The monoisotopic (exact) mass is 582 g/mol. The molecule has 0 bridgehead atoms. The summed E-state index contributed by atoms with van der Waals surface area (Å²) in [6, 6.07) is 13.1. The zero-order valence-corrected chi connectivity index (χ0v) is 26.9. The number of benzene rings is 1. The van der Waals surface area contributed by atoms with E-state index < -0.39 is 0 Å². The standard InChI is InChI=1S/C13H12N2OS.C12H18N2O2.C6H14.C2H6/c1-17-12-4-2-11(3-5-12)15-13(16)10-6-8-14-9-7-10;1-3-9(4-2)13-12(15)10-7-11(16-14-10)8-5-6-8;1-3-5-6-4-2;1-2/h2-9H,1H3,(H,15,16);7-9H,3-6H2,1-2H3,(H,13,15);3-6H2,1-2H3;1-2H3. The van der Waals surface area contributed by atoms with Crippen LogP contribution in [0.25, 0.3) is 0 Å². The van der Waals surface area contributed by atoms with Gasteiger partial charge < -0.3 is 15.2 Å². The van der Waals surface area contributed by atoms with Crippen molar-refractivity contribution in [2.45, 2.75) is 110 Å². The zero-order valence-electron chi connectivity index (χ0n) is 26.0. The fourth-order valence-electron chi connectivity index (χ4n) is 3.59. The number of amides is 2. The molecule has 8 heteroatoms. The molecule has 7 nitrogen and oxygen atoms in total. The minimum absolute atomic E-state index is 0.121. The molecule has 2 heterocycles. The molecular formula is C33H50N4O3S. The van der Waals surface area contributed by atoms with E-state index in [0.29, 0.717) is 17.2 Å². The van der Waals surface area contributed by atoms with Crippen molar-refractivity contribution in [2.75, 3.05) is 11.6 Å². The van der Waals surface area contributed by atoms with E-state index in [1.165, 1.54) is 30.6 Å². The number of hydrogen-bond donors (Lipinski definition) is 2. The summed E-state index contributed by atoms with van der Waals surface area (Å²) in [7, 11) is 0. The number of aromatic nitrogens is 2. The maximum atomic E-state index is 11.8. The largest absolute Gasteiger partial charge is 0.360 e. The van der Waals surface area contributed by atoms with Gasteiger partial charge in [-0.15, -0.1) is 11.8 Å². The van der Waals surface area contributed by atoms with E-state index in [-0.39, 0.29) is 17.9 Å². The molecule has 1 aromatic carbocycles. The van der Waals surface area contributed by atoms with Crippen LogP contribution in [0.3, 0.4) is 0 Å². The molecule has 1 saturated carbocycles. The van der Waals surface area contributed by atoms with Gasteiger partial charge in [-0.05, 0) is 68.3 Å². The topological polar surface area (TPSA) is 97.1 Å². The second-order valence-corrected chi connectivity index (χ2v) is 10.4. The van der Waals surface area contributed by atoms with Crippen LogP contribution in [0.2, 0.25) is 0 Å². The van der Waals surface area contributed by atoms with Gasteiger partial charge in [0.25, 0.3) is 11.8 Å². The lowest BCUT2D eigenvalue weighted by molar-refractivity contribution is 0.0925. The van der Waals surface area contributed by atoms with Crippen molar-refractivity contribution in [3.05, 3.63) is 71.9 Å². The van der Waals surface area contributed by atoms with E-state index in [2.05, 4.69) is 48.5 Å². The van der Waals surface area contributed by atoms with E-state index in [1.54, 1.807) is 42.4 Å². The van der Waals surface area contributed by atoms with E-state index >= 15 is 0 Å². The van der Waals surface area contributed by atoms with Crippen LogP contribution in [-0.4, -0.2) is 34.3 Å². The van der Waals surface area contributed by atoms with Crippen LogP contribution in [0.15, 0.2) is 64.3 Å². The molecule has 0 spiro atoms. The smallest absolute Gasteiger partial charge is 0.273 e. The average Bonchev–Trinajstić information content (AvgIpc) is 3.76. The molecule has 1 fully saturated rings. The summed E-state index contributed by atoms with van der Waals surface area (Å²) in [5.74, 6) is 1.12. The van der Waals surface area contributed by atoms with Crippen molar-refractivity contribution in [1.29, 1.82) is 0 Å². The normalized spacial score (nSPS) is 11.6. The minimum atomic E-state index is -0.121. The highest BCUT2D eigenvalue weighted by Crippen LogP contribution is 2.40. The lowest BCUT2D eigenvalue weighted by atomic mass is 10.1. The van der Waals surface area contributed by atoms with E-state index in [4.69, 9.17) is 4.52 Å². The SMILES string of the molecule is CC.CCC(CC)NC(=O)c1cc(C2CC2)on1.CCCCCC.CSc1ccc(NC(=O)c2ccncc2)cc1. The van der Waals surface area contributed by atoms with Crippen molar-refractivity contribution >= 4 is 29.3 Å². The molecule has 4 rings (SSSR count). The number of carbonyl (C=O) groups is 2. The summed E-state index contributed by atoms with van der Waals surface area (Å²) in [5, 5.41) is 9.59. The highest BCUT2D eigenvalue weighted by molar-refractivity contribution is 7.98. The highest BCUT2D eigenvalue weighted by atomic mass is 32.2. The maximum absolute atomic E-state index is 11.8. The molecule has 1 aliphatic carbocycles. The lowest BCUT2D eigenvalue weighted by Crippen LogP contribution is -2.33. The maximum Gasteiger partial charge on any atom is 0.273 e. The zero-order chi connectivity index (χ0) is 30.5. The van der Waals surface area contributed by atoms with Crippen molar-refractivity contribution in [3.63, 3.8) is 0 Å². The summed E-state index contributed by atoms with van der Waals surface area (Å²) in [5.41, 5.74) is 1.81. The Balaban J connectivity index is 0.000000328. The molecule has 2 amide bonds. The minimum Gasteiger partial charge on any atom is -0.360 e. The first-order chi connectivity index (χ1) is 19.9. The number of carbonyl (C=O) groups excluding carboxylic acids is 2. The highest BCUT2D eigenvalue weighted by Gasteiger charge is 2.29. The fraction of sp³-hybridized carbons (Fsp3) is 0.515. The third-order valence-corrected chi connectivity index (χ3v) is 7.05. The Labute approximate surface area is 251 Å². The molecule has 226 valence electrons. The van der Waals surface area contributed by atoms with Gasteiger partial charge in [-0.25, -0.2) is 0 Å². The van der Waals surface area contributed by atoms with Crippen molar-refractivity contribution in [1.82, 2.24) is 15.5 Å². The van der Waals surface area contributed by atoms with Crippen LogP contribution in [0.4, 0.5) is 5.69 Å². The number of thioether (sulfide) groups is 1. The first-order valence-corrected chi connectivity index (χ1v) is 16.3. The predicted octanol–water partition coefficient (Wildman–Crippen LogP) is 9.14. The summed E-state index contributed by atoms with van der Waals surface area (Å²) in [4.78, 5) is 28.7. The number of pyridine rings is 1. The van der Waals surface area contributed by atoms with Gasteiger partial charge in [-0.3, -0.25) is 14.6 Å². The number of nitrogens with zero attached hydrogens (tertiary/aromatic N) is 2. The quantitative estimate of drug-likeness (QED) is 0.173. The summed E-state index contributed by atoms with van der Waals surface area (Å²) in [6.07, 6.45) is 15.0. The summed E-state index contributed by atoms with van der Waals surface area (Å²) < 4.78 is 5.15. The van der Waals surface area contributed by atoms with Crippen molar-refractivity contribution in [3.8, 4) is 0 Å². The Kier molecular flexibility index (Phi) is 18.9. The number of anilines is 1. The first-order valence-electron chi connectivity index (χ1n) is 15.1. The van der Waals surface area contributed by atoms with Crippen LogP contribution in [0.5, 0.6) is 0 Å². The molecule has 0 unspecified atom stereocenters. The second kappa shape index (κ2) is 21.6. The molecule has 41 heavy (non-hydrogen) atoms. The van der Waals surface area contributed by atoms with Crippen LogP contribution in [-0.2, 0) is 0 Å². The number of unbranched alkanes of at least 4 members (excludes halogenated alkanes) is 3. The van der Waals surface area contributed by atoms with E-state index in [9.17, 15) is 9.59 Å². The third kappa shape index (κ3) is 14.4. The molecule has 0 atom stereocenters. The molecule has 1 aliphatic rings. The fourth-order valence-corrected chi connectivity index (χ4v) is 4.00. The molecule has 0 saturated heterocycles. The van der Waals surface area contributed by atoms with Gasteiger partial charge in [0.05, 0.1) is 0 Å². The number of hydrogen-bond acceptors (Lipinski definition) is 6. The van der Waals surface area contributed by atoms with Gasteiger partial charge in [0, 0.05) is 46.6 Å². The molecule has 3 aromatic rings. The van der Waals surface area contributed by atoms with Crippen LogP contribution in [0.1, 0.15) is 125 Å². The summed E-state index contributed by atoms with van der Waals surface area (Å²) in [6.45, 7) is 12.6. The van der Waals surface area contributed by atoms with Crippen LogP contribution < -0.4 is 10.6 Å². The Morgan fingerprint density at radius 1 is 0.927 bits per heavy atom. The van der Waals surface area contributed by atoms with Crippen LogP contribution in [0, 0.1) is 0 Å². The van der Waals surface area contributed by atoms with Gasteiger partial charge in [0.2, 0.25) is 0 Å². The van der Waals surface area contributed by atoms with E-state index in [1.807, 2.05) is 44.4 Å². The van der Waals surface area contributed by atoms with Crippen LogP contribution >= 0.6 is 11.8 Å². The molecule has 2 aromatic heterocycles. The predicted molar refractivity (Wildman–Crippen MR) is 172 cm³/mol. The Hall–Kier alpha value is -3.13. The van der Waals surface area contributed by atoms with Gasteiger partial charge in [-0.1, -0.05) is 72.4 Å². The lowest BCUT2D eigenvalue weighted by Gasteiger charge is -2.12. The van der Waals surface area contributed by atoms with Crippen molar-refractivity contribution < 1.29 is 14.1 Å². The Bertz CT molecular complexity index is 1090. The Morgan fingerprint density at radius 2 is 1.51 bits per heavy atom. The summed E-state index contributed by atoms with van der Waals surface area (Å²) >= 11 is 1.67. The second-order valence-electron chi connectivity index (χ2n) is 9.50. The molecule has 2 N–H and O–H groups in total. The van der Waals surface area contributed by atoms with Gasteiger partial charge >= 0.3 is 0 Å². The Morgan fingerprint density at radius 3 is 2.00 bits per heavy atom. The van der Waals surface area contributed by atoms with Gasteiger partial charge in [-0.2, -0.15) is 0 Å². The van der Waals surface area contributed by atoms with Gasteiger partial charge in [0.15, 0.2) is 5.69 Å². The van der Waals surface area contributed by atoms with Gasteiger partial charge in [0.1, 0.15) is 5.76 Å². The van der Waals surface area contributed by atoms with E-state index in [0.717, 1.165) is 37.1 Å².